The maximum atomic E-state index is 11.2. The predicted molar refractivity (Wildman–Crippen MR) is 25.0 cm³/mol. The molecule has 0 unspecified atom stereocenters. The Hall–Kier alpha value is -0.330. The summed E-state index contributed by atoms with van der Waals surface area (Å²) in [6, 6.07) is 0. The molecular formula is C4H7F3O3. The topological polar surface area (TPSA) is 27.7 Å². The third-order valence-electron chi connectivity index (χ3n) is 0.550. The molecule has 0 saturated carbocycles. The first-order valence-electron chi connectivity index (χ1n) is 2.42. The van der Waals surface area contributed by atoms with Crippen LogP contribution in [0, 0.1) is 0 Å². The summed E-state index contributed by atoms with van der Waals surface area (Å²) in [6.45, 7) is -0.798. The van der Waals surface area contributed by atoms with Crippen LogP contribution in [0.5, 0.6) is 0 Å². The molecule has 0 aromatic heterocycles. The minimum Gasteiger partial charge on any atom is -0.289 e. The molecule has 0 amide bonds. The predicted octanol–water partition coefficient (Wildman–Crippen LogP) is 1.10. The van der Waals surface area contributed by atoms with Crippen LogP contribution in [0.15, 0.2) is 0 Å². The standard InChI is InChI=1S/C4H7F3O3/c1-8-10-3-2-9-4(5,6)7/h2-3H2,1H3. The normalized spacial score (nSPS) is 12.0. The molecule has 10 heavy (non-hydrogen) atoms. The van der Waals surface area contributed by atoms with Crippen molar-refractivity contribution >= 4 is 0 Å². The Kier molecular flexibility index (Phi) is 4.33. The zero-order chi connectivity index (χ0) is 8.04. The molecule has 0 aromatic rings. The van der Waals surface area contributed by atoms with Gasteiger partial charge in [0.25, 0.3) is 0 Å². The molecule has 0 rings (SSSR count). The van der Waals surface area contributed by atoms with Crippen molar-refractivity contribution in [1.82, 2.24) is 0 Å². The van der Waals surface area contributed by atoms with Crippen LogP contribution in [-0.4, -0.2) is 26.7 Å². The van der Waals surface area contributed by atoms with Gasteiger partial charge in [0, 0.05) is 0 Å². The summed E-state index contributed by atoms with van der Waals surface area (Å²) in [4.78, 5) is 8.11. The van der Waals surface area contributed by atoms with E-state index in [9.17, 15) is 13.2 Å². The monoisotopic (exact) mass is 160 g/mol. The fourth-order valence-corrected chi connectivity index (χ4v) is 0.275. The molecule has 0 fully saturated rings. The molecule has 0 bridgehead atoms. The fraction of sp³-hybridized carbons (Fsp3) is 1.00. The zero-order valence-electron chi connectivity index (χ0n) is 5.27. The second-order valence-electron chi connectivity index (χ2n) is 1.28. The Labute approximate surface area is 55.6 Å². The third kappa shape index (κ3) is 7.67. The first kappa shape index (κ1) is 9.67. The lowest BCUT2D eigenvalue weighted by Crippen LogP contribution is -2.16. The Balaban J connectivity index is 3.04. The number of halogens is 3. The van der Waals surface area contributed by atoms with Crippen molar-refractivity contribution in [2.24, 2.45) is 0 Å². The fourth-order valence-electron chi connectivity index (χ4n) is 0.275. The molecule has 0 atom stereocenters. The van der Waals surface area contributed by atoms with E-state index in [0.29, 0.717) is 0 Å². The number of alkyl halides is 3. The average Bonchev–Trinajstić information content (AvgIpc) is 1.78. The van der Waals surface area contributed by atoms with Gasteiger partial charge in [-0.3, -0.25) is 4.74 Å². The zero-order valence-corrected chi connectivity index (χ0v) is 5.27. The smallest absolute Gasteiger partial charge is 0.289 e. The second kappa shape index (κ2) is 4.48. The van der Waals surface area contributed by atoms with Crippen molar-refractivity contribution in [2.75, 3.05) is 20.3 Å². The van der Waals surface area contributed by atoms with Gasteiger partial charge < -0.3 is 0 Å². The van der Waals surface area contributed by atoms with E-state index in [-0.39, 0.29) is 6.61 Å². The van der Waals surface area contributed by atoms with Crippen LogP contribution in [0.1, 0.15) is 0 Å². The van der Waals surface area contributed by atoms with Gasteiger partial charge in [-0.15, -0.1) is 13.2 Å². The van der Waals surface area contributed by atoms with Gasteiger partial charge in [0.15, 0.2) is 0 Å². The van der Waals surface area contributed by atoms with Crippen LogP contribution < -0.4 is 0 Å². The van der Waals surface area contributed by atoms with E-state index in [2.05, 4.69) is 14.5 Å². The first-order chi connectivity index (χ1) is 4.56. The highest BCUT2D eigenvalue weighted by Crippen LogP contribution is 2.15. The highest BCUT2D eigenvalue weighted by atomic mass is 19.4. The van der Waals surface area contributed by atoms with Crippen LogP contribution in [0.2, 0.25) is 0 Å². The SMILES string of the molecule is COOCCOC(F)(F)F. The van der Waals surface area contributed by atoms with Crippen LogP contribution in [0.25, 0.3) is 0 Å². The van der Waals surface area contributed by atoms with Gasteiger partial charge >= 0.3 is 6.36 Å². The van der Waals surface area contributed by atoms with Crippen molar-refractivity contribution in [3.8, 4) is 0 Å². The van der Waals surface area contributed by atoms with E-state index in [0.717, 1.165) is 0 Å². The van der Waals surface area contributed by atoms with Crippen LogP contribution in [0.4, 0.5) is 13.2 Å². The van der Waals surface area contributed by atoms with Crippen molar-refractivity contribution in [3.05, 3.63) is 0 Å². The molecule has 6 heteroatoms. The van der Waals surface area contributed by atoms with Crippen molar-refractivity contribution in [3.63, 3.8) is 0 Å². The molecule has 62 valence electrons. The lowest BCUT2D eigenvalue weighted by molar-refractivity contribution is -0.344. The summed E-state index contributed by atoms with van der Waals surface area (Å²) in [5.41, 5.74) is 0. The molecule has 0 aliphatic heterocycles. The van der Waals surface area contributed by atoms with Crippen LogP contribution >= 0.6 is 0 Å². The van der Waals surface area contributed by atoms with E-state index in [4.69, 9.17) is 0 Å². The molecule has 3 nitrogen and oxygen atoms in total. The average molecular weight is 160 g/mol. The van der Waals surface area contributed by atoms with Crippen molar-refractivity contribution in [1.29, 1.82) is 0 Å². The van der Waals surface area contributed by atoms with E-state index < -0.39 is 13.0 Å². The maximum absolute atomic E-state index is 11.2. The van der Waals surface area contributed by atoms with E-state index >= 15 is 0 Å². The van der Waals surface area contributed by atoms with Gasteiger partial charge in [0.05, 0.1) is 13.7 Å². The molecule has 0 saturated heterocycles. The summed E-state index contributed by atoms with van der Waals surface area (Å²) in [7, 11) is 1.20. The van der Waals surface area contributed by atoms with Crippen molar-refractivity contribution < 1.29 is 27.7 Å². The Morgan fingerprint density at radius 1 is 1.20 bits per heavy atom. The number of hydrogen-bond donors (Lipinski definition) is 0. The number of rotatable bonds is 4. The lowest BCUT2D eigenvalue weighted by atomic mass is 10.8. The largest absolute Gasteiger partial charge is 0.522 e. The molecule has 0 aliphatic rings. The second-order valence-corrected chi connectivity index (χ2v) is 1.28. The lowest BCUT2D eigenvalue weighted by Gasteiger charge is -2.05. The maximum Gasteiger partial charge on any atom is 0.522 e. The first-order valence-corrected chi connectivity index (χ1v) is 2.42. The van der Waals surface area contributed by atoms with Crippen LogP contribution in [-0.2, 0) is 14.5 Å². The van der Waals surface area contributed by atoms with E-state index in [1.165, 1.54) is 7.11 Å². The van der Waals surface area contributed by atoms with Gasteiger partial charge in [-0.25, -0.2) is 9.78 Å². The summed E-state index contributed by atoms with van der Waals surface area (Å²) in [5, 5.41) is 0. The van der Waals surface area contributed by atoms with Gasteiger partial charge in [-0.05, 0) is 0 Å². The van der Waals surface area contributed by atoms with Gasteiger partial charge in [-0.1, -0.05) is 0 Å². The van der Waals surface area contributed by atoms with E-state index in [1.54, 1.807) is 0 Å². The molecule has 0 heterocycles. The molecular weight excluding hydrogens is 153 g/mol. The van der Waals surface area contributed by atoms with Crippen LogP contribution in [0.3, 0.4) is 0 Å². The quantitative estimate of drug-likeness (QED) is 0.350. The highest BCUT2D eigenvalue weighted by Gasteiger charge is 2.28. The highest BCUT2D eigenvalue weighted by molar-refractivity contribution is 4.28. The summed E-state index contributed by atoms with van der Waals surface area (Å²) in [6.07, 6.45) is -4.59. The minimum atomic E-state index is -4.59. The summed E-state index contributed by atoms with van der Waals surface area (Å²) < 4.78 is 36.8. The van der Waals surface area contributed by atoms with Gasteiger partial charge in [-0.2, -0.15) is 0 Å². The van der Waals surface area contributed by atoms with Crippen molar-refractivity contribution in [2.45, 2.75) is 6.36 Å². The third-order valence-corrected chi connectivity index (χ3v) is 0.550. The Bertz CT molecular complexity index is 82.3. The molecule has 0 radical (unpaired) electrons. The molecule has 0 N–H and O–H groups in total. The summed E-state index contributed by atoms with van der Waals surface area (Å²) in [5.74, 6) is 0. The van der Waals surface area contributed by atoms with Gasteiger partial charge in [0.2, 0.25) is 0 Å². The van der Waals surface area contributed by atoms with E-state index in [1.807, 2.05) is 0 Å². The Morgan fingerprint density at radius 2 is 1.80 bits per heavy atom. The van der Waals surface area contributed by atoms with Gasteiger partial charge in [0.1, 0.15) is 6.61 Å². The Morgan fingerprint density at radius 3 is 2.20 bits per heavy atom. The summed E-state index contributed by atoms with van der Waals surface area (Å²) >= 11 is 0. The number of ether oxygens (including phenoxy) is 1. The minimum absolute atomic E-state index is 0.240. The molecule has 0 aliphatic carbocycles. The number of hydrogen-bond acceptors (Lipinski definition) is 3. The molecule has 0 spiro atoms. The molecule has 0 aromatic carbocycles.